The number of nitrogens with two attached hydrogens (primary N) is 1. The predicted molar refractivity (Wildman–Crippen MR) is 125 cm³/mol. The highest BCUT2D eigenvalue weighted by Crippen LogP contribution is 2.37. The van der Waals surface area contributed by atoms with Crippen LogP contribution in [-0.2, 0) is 29.1 Å². The first-order valence-corrected chi connectivity index (χ1v) is 12.9. The van der Waals surface area contributed by atoms with Gasteiger partial charge in [-0.3, -0.25) is 9.69 Å². The van der Waals surface area contributed by atoms with Crippen LogP contribution < -0.4 is 11.1 Å². The summed E-state index contributed by atoms with van der Waals surface area (Å²) >= 11 is 12.2. The molecule has 34 heavy (non-hydrogen) atoms. The van der Waals surface area contributed by atoms with E-state index in [1.54, 1.807) is 4.90 Å². The molecular weight excluding hydrogens is 514 g/mol. The first-order valence-electron chi connectivity index (χ1n) is 10.5. The molecule has 1 atom stereocenters. The van der Waals surface area contributed by atoms with Gasteiger partial charge in [-0.2, -0.15) is 13.2 Å². The van der Waals surface area contributed by atoms with Gasteiger partial charge in [0.2, 0.25) is 0 Å². The smallest absolute Gasteiger partial charge is 0.348 e. The van der Waals surface area contributed by atoms with Crippen molar-refractivity contribution in [2.24, 2.45) is 5.73 Å². The van der Waals surface area contributed by atoms with Gasteiger partial charge in [0.25, 0.3) is 5.91 Å². The Morgan fingerprint density at radius 1 is 1.24 bits per heavy atom. The van der Waals surface area contributed by atoms with E-state index in [1.165, 1.54) is 31.2 Å². The Kier molecular flexibility index (Phi) is 8.19. The van der Waals surface area contributed by atoms with Gasteiger partial charge in [-0.25, -0.2) is 8.42 Å². The van der Waals surface area contributed by atoms with Gasteiger partial charge in [-0.05, 0) is 47.9 Å². The van der Waals surface area contributed by atoms with Crippen molar-refractivity contribution in [3.63, 3.8) is 0 Å². The van der Waals surface area contributed by atoms with Gasteiger partial charge < -0.3 is 11.1 Å². The number of nitrogens with one attached hydrogen (secondary N) is 1. The number of carbonyl (C=O) groups is 1. The van der Waals surface area contributed by atoms with Crippen molar-refractivity contribution in [1.29, 1.82) is 0 Å². The largest absolute Gasteiger partial charge is 0.416 e. The summed E-state index contributed by atoms with van der Waals surface area (Å²) in [6.07, 6.45) is -4.05. The quantitative estimate of drug-likeness (QED) is 0.550. The van der Waals surface area contributed by atoms with Crippen LogP contribution in [0, 0.1) is 0 Å². The van der Waals surface area contributed by atoms with E-state index in [-0.39, 0.29) is 56.5 Å². The minimum atomic E-state index is -4.73. The van der Waals surface area contributed by atoms with E-state index in [2.05, 4.69) is 5.32 Å². The Labute approximate surface area is 206 Å². The Balaban J connectivity index is 1.87. The number of alkyl halides is 3. The molecule has 1 saturated heterocycles. The third-order valence-electron chi connectivity index (χ3n) is 5.63. The van der Waals surface area contributed by atoms with E-state index in [4.69, 9.17) is 28.9 Å². The topological polar surface area (TPSA) is 92.5 Å². The van der Waals surface area contributed by atoms with E-state index in [9.17, 15) is 26.4 Å². The third-order valence-corrected chi connectivity index (χ3v) is 8.03. The van der Waals surface area contributed by atoms with Crippen LogP contribution in [0.3, 0.4) is 0 Å². The molecule has 1 heterocycles. The maximum absolute atomic E-state index is 13.8. The van der Waals surface area contributed by atoms with Crippen LogP contribution in [-0.4, -0.2) is 44.1 Å². The number of amides is 1. The number of carbonyl (C=O) groups excluding carboxylic acids is 1. The average molecular weight is 538 g/mol. The van der Waals surface area contributed by atoms with Gasteiger partial charge in [0.1, 0.15) is 0 Å². The summed E-state index contributed by atoms with van der Waals surface area (Å²) in [6, 6.07) is 5.97. The van der Waals surface area contributed by atoms with Crippen LogP contribution in [0.15, 0.2) is 35.2 Å². The number of nitrogens with zero attached hydrogens (tertiary/aromatic N) is 1. The summed E-state index contributed by atoms with van der Waals surface area (Å²) < 4.78 is 66.2. The summed E-state index contributed by atoms with van der Waals surface area (Å²) in [5.41, 5.74) is 4.67. The van der Waals surface area contributed by atoms with Gasteiger partial charge in [-0.1, -0.05) is 30.1 Å². The maximum Gasteiger partial charge on any atom is 0.416 e. The van der Waals surface area contributed by atoms with Gasteiger partial charge in [0.05, 0.1) is 16.2 Å². The first-order chi connectivity index (χ1) is 15.8. The van der Waals surface area contributed by atoms with E-state index in [0.717, 1.165) is 6.07 Å². The number of hydrogen-bond acceptors (Lipinski definition) is 5. The Morgan fingerprint density at radius 3 is 2.53 bits per heavy atom. The van der Waals surface area contributed by atoms with Gasteiger partial charge >= 0.3 is 6.18 Å². The number of halogens is 5. The van der Waals surface area contributed by atoms with Crippen molar-refractivity contribution in [2.45, 2.75) is 43.5 Å². The average Bonchev–Trinajstić information content (AvgIpc) is 3.17. The molecule has 0 saturated carbocycles. The minimum Gasteiger partial charge on any atom is -0.348 e. The van der Waals surface area contributed by atoms with Crippen molar-refractivity contribution >= 4 is 38.9 Å². The summed E-state index contributed by atoms with van der Waals surface area (Å²) in [5, 5.41) is 2.54. The lowest BCUT2D eigenvalue weighted by Gasteiger charge is -2.21. The molecule has 1 aliphatic heterocycles. The molecule has 0 spiro atoms. The highest BCUT2D eigenvalue weighted by atomic mass is 35.5. The van der Waals surface area contributed by atoms with Gasteiger partial charge in [0.15, 0.2) is 9.84 Å². The van der Waals surface area contributed by atoms with E-state index in [0.29, 0.717) is 19.5 Å². The van der Waals surface area contributed by atoms with Gasteiger partial charge in [0, 0.05) is 47.8 Å². The van der Waals surface area contributed by atoms with Crippen molar-refractivity contribution in [3.05, 3.63) is 62.6 Å². The molecular formula is C22H24Cl2F3N3O3S. The second-order valence-electron chi connectivity index (χ2n) is 8.10. The number of sulfone groups is 1. The molecule has 1 fully saturated rings. The molecule has 1 unspecified atom stereocenters. The van der Waals surface area contributed by atoms with Crippen molar-refractivity contribution in [1.82, 2.24) is 10.2 Å². The summed E-state index contributed by atoms with van der Waals surface area (Å²) in [7, 11) is -3.61. The van der Waals surface area contributed by atoms with E-state index >= 15 is 0 Å². The number of benzene rings is 2. The van der Waals surface area contributed by atoms with Crippen LogP contribution in [0.5, 0.6) is 0 Å². The lowest BCUT2D eigenvalue weighted by molar-refractivity contribution is -0.138. The summed E-state index contributed by atoms with van der Waals surface area (Å²) in [5.74, 6) is -0.995. The van der Waals surface area contributed by atoms with Crippen molar-refractivity contribution in [3.8, 4) is 0 Å². The van der Waals surface area contributed by atoms with Crippen LogP contribution in [0.25, 0.3) is 0 Å². The number of rotatable bonds is 7. The monoisotopic (exact) mass is 537 g/mol. The molecule has 12 heteroatoms. The minimum absolute atomic E-state index is 0.00659. The molecule has 1 aliphatic rings. The lowest BCUT2D eigenvalue weighted by atomic mass is 10.0. The Hall–Kier alpha value is -1.85. The normalized spacial score (nSPS) is 17.2. The molecule has 0 aromatic heterocycles. The molecule has 0 radical (unpaired) electrons. The molecule has 186 valence electrons. The zero-order chi connectivity index (χ0) is 25.3. The standard InChI is InChI=1S/C22H24Cl2F3N3O3S/c1-2-34(32,33)20-4-3-15(23)7-14(20)10-29-21(31)13-8-18(22(25,26)27)17(19(24)9-13)12-30-6-5-16(28)11-30/h3-4,7-9,16H,2,5-6,10-12,28H2,1H3,(H,29,31). The van der Waals surface area contributed by atoms with Crippen LogP contribution in [0.4, 0.5) is 13.2 Å². The number of likely N-dealkylation sites (tertiary alicyclic amines) is 1. The fourth-order valence-corrected chi connectivity index (χ4v) is 5.42. The Morgan fingerprint density at radius 2 is 1.94 bits per heavy atom. The molecule has 3 rings (SSSR count). The zero-order valence-electron chi connectivity index (χ0n) is 18.3. The summed E-state index contributed by atoms with van der Waals surface area (Å²) in [6.45, 7) is 2.20. The lowest BCUT2D eigenvalue weighted by Crippen LogP contribution is -2.28. The molecule has 3 N–H and O–H groups in total. The molecule has 0 bridgehead atoms. The molecule has 0 aliphatic carbocycles. The van der Waals surface area contributed by atoms with Crippen LogP contribution in [0.2, 0.25) is 10.0 Å². The van der Waals surface area contributed by atoms with Crippen molar-refractivity contribution in [2.75, 3.05) is 18.8 Å². The Bertz CT molecular complexity index is 1190. The van der Waals surface area contributed by atoms with E-state index < -0.39 is 27.5 Å². The van der Waals surface area contributed by atoms with Crippen molar-refractivity contribution < 1.29 is 26.4 Å². The van der Waals surface area contributed by atoms with Gasteiger partial charge in [-0.15, -0.1) is 0 Å². The number of hydrogen-bond donors (Lipinski definition) is 2. The fourth-order valence-electron chi connectivity index (χ4n) is 3.83. The molecule has 2 aromatic carbocycles. The summed E-state index contributed by atoms with van der Waals surface area (Å²) in [4.78, 5) is 14.5. The molecule has 2 aromatic rings. The molecule has 6 nitrogen and oxygen atoms in total. The third kappa shape index (κ3) is 6.23. The maximum atomic E-state index is 13.8. The molecule has 1 amide bonds. The predicted octanol–water partition coefficient (Wildman–Crippen LogP) is 4.27. The second-order valence-corrected chi connectivity index (χ2v) is 11.2. The highest BCUT2D eigenvalue weighted by molar-refractivity contribution is 7.91. The SMILES string of the molecule is CCS(=O)(=O)c1ccc(Cl)cc1CNC(=O)c1cc(Cl)c(CN2CCC(N)C2)c(C(F)(F)F)c1. The fraction of sp³-hybridized carbons (Fsp3) is 0.409. The van der Waals surface area contributed by atoms with Crippen LogP contribution >= 0.6 is 23.2 Å². The zero-order valence-corrected chi connectivity index (χ0v) is 20.6. The van der Waals surface area contributed by atoms with E-state index in [1.807, 2.05) is 0 Å². The highest BCUT2D eigenvalue weighted by Gasteiger charge is 2.36. The first kappa shape index (κ1) is 26.7. The van der Waals surface area contributed by atoms with Crippen LogP contribution in [0.1, 0.15) is 40.4 Å². The second kappa shape index (κ2) is 10.4.